The van der Waals surface area contributed by atoms with Crippen LogP contribution in [0.15, 0.2) is 18.2 Å². The van der Waals surface area contributed by atoms with Crippen LogP contribution in [-0.2, 0) is 10.0 Å². The molecule has 0 saturated carbocycles. The number of nitrogens with zero attached hydrogens (tertiary/aromatic N) is 1. The number of hydrogen-bond donors (Lipinski definition) is 1. The van der Waals surface area contributed by atoms with Gasteiger partial charge in [0.25, 0.3) is 5.91 Å². The van der Waals surface area contributed by atoms with E-state index in [1.54, 1.807) is 33.2 Å². The average Bonchev–Trinajstić information content (AvgIpc) is 2.30. The van der Waals surface area contributed by atoms with Gasteiger partial charge in [-0.2, -0.15) is 0 Å². The van der Waals surface area contributed by atoms with E-state index in [9.17, 15) is 13.2 Å². The maximum Gasteiger partial charge on any atom is 0.253 e. The lowest BCUT2D eigenvalue weighted by molar-refractivity contribution is 0.0827. The number of carbonyl (C=O) groups excluding carboxylic acids is 1. The number of amides is 1. The largest absolute Gasteiger partial charge is 0.345 e. The van der Waals surface area contributed by atoms with E-state index < -0.39 is 10.0 Å². The summed E-state index contributed by atoms with van der Waals surface area (Å²) >= 11 is 2.90. The number of anilines is 1. The molecule has 1 amide bonds. The Hall–Kier alpha value is -1.08. The van der Waals surface area contributed by atoms with E-state index in [0.29, 0.717) is 11.3 Å². The maximum atomic E-state index is 11.8. The summed E-state index contributed by atoms with van der Waals surface area (Å²) in [6.07, 6.45) is 0. The third kappa shape index (κ3) is 3.71. The first-order valence-corrected chi connectivity index (χ1v) is 7.93. The fourth-order valence-electron chi connectivity index (χ4n) is 1.32. The Kier molecular flexibility index (Phi) is 4.75. The van der Waals surface area contributed by atoms with Gasteiger partial charge in [0.05, 0.1) is 5.69 Å². The Labute approximate surface area is 115 Å². The van der Waals surface area contributed by atoms with Gasteiger partial charge in [-0.1, -0.05) is 22.0 Å². The molecule has 0 aliphatic rings. The van der Waals surface area contributed by atoms with Crippen molar-refractivity contribution in [1.29, 1.82) is 0 Å². The van der Waals surface area contributed by atoms with Crippen LogP contribution in [0, 0.1) is 6.92 Å². The highest BCUT2D eigenvalue weighted by Gasteiger charge is 2.13. The molecule has 1 aromatic rings. The van der Waals surface area contributed by atoms with Crippen LogP contribution in [0.2, 0.25) is 0 Å². The molecular formula is C11H15BrN2O3S. The summed E-state index contributed by atoms with van der Waals surface area (Å²) in [6.45, 7) is 1.77. The Morgan fingerprint density at radius 2 is 2.00 bits per heavy atom. The highest BCUT2D eigenvalue weighted by molar-refractivity contribution is 9.10. The molecule has 5 nitrogen and oxygen atoms in total. The minimum Gasteiger partial charge on any atom is -0.345 e. The summed E-state index contributed by atoms with van der Waals surface area (Å²) in [6, 6.07) is 4.92. The molecule has 100 valence electrons. The fraction of sp³-hybridized carbons (Fsp3) is 0.364. The first kappa shape index (κ1) is 15.0. The lowest BCUT2D eigenvalue weighted by Crippen LogP contribution is -2.22. The van der Waals surface area contributed by atoms with Crippen molar-refractivity contribution in [2.24, 2.45) is 0 Å². The van der Waals surface area contributed by atoms with Gasteiger partial charge in [0.15, 0.2) is 0 Å². The first-order valence-electron chi connectivity index (χ1n) is 5.15. The second-order valence-electron chi connectivity index (χ2n) is 4.06. The third-order valence-corrected chi connectivity index (χ3v) is 4.93. The molecule has 0 aromatic heterocycles. The van der Waals surface area contributed by atoms with E-state index in [0.717, 1.165) is 5.56 Å². The molecule has 0 fully saturated rings. The van der Waals surface area contributed by atoms with Crippen LogP contribution in [-0.4, -0.2) is 38.0 Å². The van der Waals surface area contributed by atoms with Gasteiger partial charge in [0.2, 0.25) is 10.0 Å². The van der Waals surface area contributed by atoms with Crippen molar-refractivity contribution >= 4 is 37.5 Å². The van der Waals surface area contributed by atoms with Gasteiger partial charge in [-0.05, 0) is 24.6 Å². The highest BCUT2D eigenvalue weighted by Crippen LogP contribution is 2.19. The van der Waals surface area contributed by atoms with E-state index in [4.69, 9.17) is 0 Å². The van der Waals surface area contributed by atoms with Crippen LogP contribution in [0.25, 0.3) is 0 Å². The number of rotatable bonds is 4. The zero-order chi connectivity index (χ0) is 13.9. The van der Waals surface area contributed by atoms with E-state index in [-0.39, 0.29) is 10.6 Å². The van der Waals surface area contributed by atoms with Gasteiger partial charge >= 0.3 is 0 Å². The molecule has 0 aliphatic carbocycles. The van der Waals surface area contributed by atoms with E-state index in [1.807, 2.05) is 0 Å². The second kappa shape index (κ2) is 5.71. The Morgan fingerprint density at radius 3 is 2.50 bits per heavy atom. The molecule has 0 spiro atoms. The molecule has 1 rings (SSSR count). The van der Waals surface area contributed by atoms with Crippen LogP contribution >= 0.6 is 15.9 Å². The second-order valence-corrected chi connectivity index (χ2v) is 7.08. The highest BCUT2D eigenvalue weighted by atomic mass is 79.9. The summed E-state index contributed by atoms with van der Waals surface area (Å²) in [5.74, 6) is -0.172. The normalized spacial score (nSPS) is 11.1. The quantitative estimate of drug-likeness (QED) is 0.853. The summed E-state index contributed by atoms with van der Waals surface area (Å²) in [5.41, 5.74) is 1.62. The van der Waals surface area contributed by atoms with Crippen molar-refractivity contribution in [1.82, 2.24) is 4.90 Å². The lowest BCUT2D eigenvalue weighted by atomic mass is 10.1. The van der Waals surface area contributed by atoms with E-state index in [2.05, 4.69) is 20.7 Å². The Balaban J connectivity index is 3.14. The molecule has 0 aliphatic heterocycles. The molecule has 0 saturated heterocycles. The standard InChI is InChI=1S/C11H15BrN2O3S/c1-8-4-5-9(11(15)14(2)3)6-10(8)13-18(16,17)7-12/h4-6,13H,7H2,1-3H3. The van der Waals surface area contributed by atoms with Crippen LogP contribution in [0.4, 0.5) is 5.69 Å². The zero-order valence-electron chi connectivity index (χ0n) is 10.4. The molecular weight excluding hydrogens is 320 g/mol. The predicted molar refractivity (Wildman–Crippen MR) is 75.5 cm³/mol. The SMILES string of the molecule is Cc1ccc(C(=O)N(C)C)cc1NS(=O)(=O)CBr. The van der Waals surface area contributed by atoms with Crippen molar-refractivity contribution < 1.29 is 13.2 Å². The van der Waals surface area contributed by atoms with Gasteiger partial charge in [-0.3, -0.25) is 9.52 Å². The van der Waals surface area contributed by atoms with Gasteiger partial charge in [0.1, 0.15) is 4.66 Å². The van der Waals surface area contributed by atoms with Crippen LogP contribution in [0.5, 0.6) is 0 Å². The molecule has 1 N–H and O–H groups in total. The van der Waals surface area contributed by atoms with Crippen molar-refractivity contribution in [3.05, 3.63) is 29.3 Å². The molecule has 0 unspecified atom stereocenters. The minimum absolute atomic E-state index is 0.172. The lowest BCUT2D eigenvalue weighted by Gasteiger charge is -2.13. The average molecular weight is 335 g/mol. The minimum atomic E-state index is -3.42. The van der Waals surface area contributed by atoms with Crippen molar-refractivity contribution in [2.75, 3.05) is 23.5 Å². The smallest absolute Gasteiger partial charge is 0.253 e. The molecule has 0 bridgehead atoms. The van der Waals surface area contributed by atoms with Gasteiger partial charge in [-0.25, -0.2) is 8.42 Å². The van der Waals surface area contributed by atoms with Crippen molar-refractivity contribution in [2.45, 2.75) is 6.92 Å². The molecule has 0 heterocycles. The Morgan fingerprint density at radius 1 is 1.39 bits per heavy atom. The molecule has 7 heteroatoms. The van der Waals surface area contributed by atoms with Crippen LogP contribution < -0.4 is 4.72 Å². The van der Waals surface area contributed by atoms with Crippen LogP contribution in [0.3, 0.4) is 0 Å². The van der Waals surface area contributed by atoms with Crippen molar-refractivity contribution in [3.63, 3.8) is 0 Å². The summed E-state index contributed by atoms with van der Waals surface area (Å²) in [7, 11) is -0.129. The zero-order valence-corrected chi connectivity index (χ0v) is 12.8. The third-order valence-electron chi connectivity index (χ3n) is 2.30. The van der Waals surface area contributed by atoms with E-state index in [1.165, 1.54) is 11.0 Å². The number of alkyl halides is 1. The topological polar surface area (TPSA) is 66.5 Å². The number of carbonyl (C=O) groups is 1. The molecule has 0 atom stereocenters. The summed E-state index contributed by atoms with van der Waals surface area (Å²) < 4.78 is 25.2. The van der Waals surface area contributed by atoms with Gasteiger partial charge in [0, 0.05) is 19.7 Å². The number of aryl methyl sites for hydroxylation is 1. The van der Waals surface area contributed by atoms with Crippen LogP contribution in [0.1, 0.15) is 15.9 Å². The molecule has 0 radical (unpaired) electrons. The molecule has 1 aromatic carbocycles. The van der Waals surface area contributed by atoms with E-state index >= 15 is 0 Å². The maximum absolute atomic E-state index is 11.8. The Bertz CT molecular complexity index is 555. The number of benzene rings is 1. The summed E-state index contributed by atoms with van der Waals surface area (Å²) in [4.78, 5) is 13.2. The fourth-order valence-corrected chi connectivity index (χ4v) is 2.27. The first-order chi connectivity index (χ1) is 8.26. The summed E-state index contributed by atoms with van der Waals surface area (Å²) in [5, 5.41) is 0. The number of sulfonamides is 1. The monoisotopic (exact) mass is 334 g/mol. The number of halogens is 1. The molecule has 18 heavy (non-hydrogen) atoms. The number of nitrogens with one attached hydrogen (secondary N) is 1. The van der Waals surface area contributed by atoms with Gasteiger partial charge in [-0.15, -0.1) is 0 Å². The predicted octanol–water partition coefficient (Wildman–Crippen LogP) is 1.79. The van der Waals surface area contributed by atoms with Gasteiger partial charge < -0.3 is 4.90 Å². The number of hydrogen-bond acceptors (Lipinski definition) is 3. The van der Waals surface area contributed by atoms with Crippen molar-refractivity contribution in [3.8, 4) is 0 Å².